The molecule has 2 nitrogen and oxygen atoms in total. The van der Waals surface area contributed by atoms with Gasteiger partial charge in [-0.1, -0.05) is 6.92 Å². The van der Waals surface area contributed by atoms with Crippen LogP contribution in [0.1, 0.15) is 23.7 Å². The Morgan fingerprint density at radius 1 is 1.57 bits per heavy atom. The third-order valence-electron chi connectivity index (χ3n) is 1.89. The summed E-state index contributed by atoms with van der Waals surface area (Å²) in [5.41, 5.74) is 0.353. The van der Waals surface area contributed by atoms with E-state index in [9.17, 15) is 9.18 Å². The van der Waals surface area contributed by atoms with Gasteiger partial charge in [0, 0.05) is 12.0 Å². The van der Waals surface area contributed by atoms with E-state index in [-0.39, 0.29) is 16.0 Å². The van der Waals surface area contributed by atoms with E-state index < -0.39 is 5.82 Å². The Hall–Kier alpha value is -0.900. The van der Waals surface area contributed by atoms with Crippen LogP contribution in [0.3, 0.4) is 0 Å². The van der Waals surface area contributed by atoms with Crippen LogP contribution in [0, 0.1) is 5.82 Å². The van der Waals surface area contributed by atoms with Gasteiger partial charge in [0.05, 0.1) is 11.6 Å². The molecule has 0 saturated heterocycles. The lowest BCUT2D eigenvalue weighted by atomic mass is 10.1. The molecule has 0 radical (unpaired) electrons. The highest BCUT2D eigenvalue weighted by atomic mass is 79.9. The van der Waals surface area contributed by atoms with Crippen molar-refractivity contribution in [2.75, 3.05) is 7.11 Å². The zero-order valence-electron chi connectivity index (χ0n) is 7.93. The van der Waals surface area contributed by atoms with Crippen LogP contribution in [-0.4, -0.2) is 12.9 Å². The Morgan fingerprint density at radius 2 is 2.21 bits per heavy atom. The summed E-state index contributed by atoms with van der Waals surface area (Å²) >= 11 is 3.04. The van der Waals surface area contributed by atoms with Crippen molar-refractivity contribution in [2.45, 2.75) is 13.3 Å². The maximum Gasteiger partial charge on any atom is 0.179 e. The fraction of sp³-hybridized carbons (Fsp3) is 0.300. The van der Waals surface area contributed by atoms with Gasteiger partial charge in [-0.25, -0.2) is 4.39 Å². The van der Waals surface area contributed by atoms with E-state index in [0.717, 1.165) is 0 Å². The van der Waals surface area contributed by atoms with Crippen molar-refractivity contribution < 1.29 is 13.9 Å². The molecule has 0 unspecified atom stereocenters. The van der Waals surface area contributed by atoms with Gasteiger partial charge in [-0.15, -0.1) is 0 Å². The fourth-order valence-corrected chi connectivity index (χ4v) is 1.64. The second kappa shape index (κ2) is 4.55. The average Bonchev–Trinajstić information content (AvgIpc) is 2.21. The van der Waals surface area contributed by atoms with E-state index in [2.05, 4.69) is 15.9 Å². The number of ether oxygens (including phenoxy) is 1. The maximum atomic E-state index is 13.4. The highest BCUT2D eigenvalue weighted by molar-refractivity contribution is 9.10. The molecule has 1 aromatic rings. The van der Waals surface area contributed by atoms with E-state index in [1.54, 1.807) is 13.0 Å². The molecule has 0 aliphatic rings. The Balaban J connectivity index is 3.24. The maximum absolute atomic E-state index is 13.4. The highest BCUT2D eigenvalue weighted by Crippen LogP contribution is 2.28. The zero-order valence-corrected chi connectivity index (χ0v) is 9.52. The van der Waals surface area contributed by atoms with Crippen molar-refractivity contribution in [2.24, 2.45) is 0 Å². The lowest BCUT2D eigenvalue weighted by molar-refractivity contribution is 0.0987. The first-order valence-corrected chi connectivity index (χ1v) is 4.96. The van der Waals surface area contributed by atoms with Crippen LogP contribution < -0.4 is 4.74 Å². The van der Waals surface area contributed by atoms with E-state index >= 15 is 0 Å². The molecule has 14 heavy (non-hydrogen) atoms. The van der Waals surface area contributed by atoms with Crippen LogP contribution in [0.25, 0.3) is 0 Å². The second-order valence-corrected chi connectivity index (χ2v) is 3.51. The van der Waals surface area contributed by atoms with E-state index in [1.807, 2.05) is 0 Å². The van der Waals surface area contributed by atoms with Crippen molar-refractivity contribution in [1.82, 2.24) is 0 Å². The molecule has 0 bridgehead atoms. The summed E-state index contributed by atoms with van der Waals surface area (Å²) in [6, 6.07) is 3.00. The van der Waals surface area contributed by atoms with Crippen LogP contribution in [0.4, 0.5) is 4.39 Å². The average molecular weight is 261 g/mol. The second-order valence-electron chi connectivity index (χ2n) is 2.72. The van der Waals surface area contributed by atoms with Crippen molar-refractivity contribution in [3.8, 4) is 5.75 Å². The molecule has 0 fully saturated rings. The van der Waals surface area contributed by atoms with Crippen LogP contribution in [0.5, 0.6) is 5.75 Å². The van der Waals surface area contributed by atoms with Crippen LogP contribution in [0.2, 0.25) is 0 Å². The van der Waals surface area contributed by atoms with Gasteiger partial charge in [0.15, 0.2) is 17.3 Å². The van der Waals surface area contributed by atoms with Crippen LogP contribution >= 0.6 is 15.9 Å². The number of halogens is 2. The van der Waals surface area contributed by atoms with Gasteiger partial charge in [0.2, 0.25) is 0 Å². The quantitative estimate of drug-likeness (QED) is 0.781. The monoisotopic (exact) mass is 260 g/mol. The molecule has 0 aliphatic heterocycles. The van der Waals surface area contributed by atoms with Gasteiger partial charge in [-0.05, 0) is 28.1 Å². The first kappa shape index (κ1) is 11.2. The molecular weight excluding hydrogens is 251 g/mol. The van der Waals surface area contributed by atoms with Gasteiger partial charge in [-0.2, -0.15) is 0 Å². The third kappa shape index (κ3) is 1.95. The zero-order chi connectivity index (χ0) is 10.7. The Morgan fingerprint density at radius 3 is 2.71 bits per heavy atom. The van der Waals surface area contributed by atoms with Gasteiger partial charge in [-0.3, -0.25) is 4.79 Å². The molecule has 1 rings (SSSR count). The molecule has 0 heterocycles. The van der Waals surface area contributed by atoms with Crippen molar-refractivity contribution in [3.63, 3.8) is 0 Å². The Kier molecular flexibility index (Phi) is 3.63. The summed E-state index contributed by atoms with van der Waals surface area (Å²) in [6.45, 7) is 1.73. The minimum Gasteiger partial charge on any atom is -0.494 e. The van der Waals surface area contributed by atoms with Crippen LogP contribution in [-0.2, 0) is 0 Å². The minimum absolute atomic E-state index is 0.0987. The molecule has 0 aliphatic carbocycles. The number of ketones is 1. The van der Waals surface area contributed by atoms with Crippen molar-refractivity contribution >= 4 is 21.7 Å². The number of Topliss-reactive ketones (excluding diaryl/α,β-unsaturated/α-hetero) is 1. The standard InChI is InChI=1S/C10H10BrFO2/c1-3-7(13)6-4-5-8(14-2)10(12)9(6)11/h4-5H,3H2,1-2H3. The Labute approximate surface area is 90.2 Å². The molecule has 0 saturated carbocycles. The SMILES string of the molecule is CCC(=O)c1ccc(OC)c(F)c1Br. The number of carbonyl (C=O) groups is 1. The van der Waals surface area contributed by atoms with Gasteiger partial charge < -0.3 is 4.74 Å². The number of rotatable bonds is 3. The molecule has 1 aromatic carbocycles. The van der Waals surface area contributed by atoms with Crippen LogP contribution in [0.15, 0.2) is 16.6 Å². The summed E-state index contributed by atoms with van der Waals surface area (Å²) in [5.74, 6) is -0.505. The summed E-state index contributed by atoms with van der Waals surface area (Å²) in [6.07, 6.45) is 0.352. The van der Waals surface area contributed by atoms with E-state index in [4.69, 9.17) is 4.74 Å². The molecule has 0 amide bonds. The lowest BCUT2D eigenvalue weighted by Gasteiger charge is -2.06. The molecule has 0 N–H and O–H groups in total. The minimum atomic E-state index is -0.535. The van der Waals surface area contributed by atoms with Gasteiger partial charge in [0.1, 0.15) is 0 Å². The van der Waals surface area contributed by atoms with Gasteiger partial charge >= 0.3 is 0 Å². The molecule has 0 aromatic heterocycles. The summed E-state index contributed by atoms with van der Waals surface area (Å²) in [4.78, 5) is 11.3. The first-order chi connectivity index (χ1) is 6.61. The smallest absolute Gasteiger partial charge is 0.179 e. The molecule has 0 atom stereocenters. The lowest BCUT2D eigenvalue weighted by Crippen LogP contribution is -2.00. The molecule has 4 heteroatoms. The van der Waals surface area contributed by atoms with Gasteiger partial charge in [0.25, 0.3) is 0 Å². The largest absolute Gasteiger partial charge is 0.494 e. The first-order valence-electron chi connectivity index (χ1n) is 4.17. The highest BCUT2D eigenvalue weighted by Gasteiger charge is 2.15. The number of hydrogen-bond acceptors (Lipinski definition) is 2. The number of methoxy groups -OCH3 is 1. The number of hydrogen-bond donors (Lipinski definition) is 0. The summed E-state index contributed by atoms with van der Waals surface area (Å²) in [5, 5.41) is 0. The number of benzene rings is 1. The Bertz CT molecular complexity index is 363. The topological polar surface area (TPSA) is 26.3 Å². The molecule has 76 valence electrons. The van der Waals surface area contributed by atoms with E-state index in [1.165, 1.54) is 13.2 Å². The normalized spacial score (nSPS) is 10.0. The summed E-state index contributed by atoms with van der Waals surface area (Å²) in [7, 11) is 1.38. The van der Waals surface area contributed by atoms with E-state index in [0.29, 0.717) is 12.0 Å². The summed E-state index contributed by atoms with van der Waals surface area (Å²) < 4.78 is 18.4. The predicted molar refractivity (Wildman–Crippen MR) is 55.3 cm³/mol. The fourth-order valence-electron chi connectivity index (χ4n) is 1.10. The van der Waals surface area contributed by atoms with Crippen molar-refractivity contribution in [1.29, 1.82) is 0 Å². The molecule has 0 spiro atoms. The third-order valence-corrected chi connectivity index (χ3v) is 2.66. The predicted octanol–water partition coefficient (Wildman–Crippen LogP) is 3.19. The van der Waals surface area contributed by atoms with Crippen molar-refractivity contribution in [3.05, 3.63) is 28.0 Å². The molecular formula is C10H10BrFO2. The number of carbonyl (C=O) groups excluding carboxylic acids is 1.